The van der Waals surface area contributed by atoms with Crippen LogP contribution in [0.2, 0.25) is 0 Å². The minimum absolute atomic E-state index is 0.622. The Morgan fingerprint density at radius 2 is 0.735 bits per heavy atom. The molecule has 0 radical (unpaired) electrons. The van der Waals surface area contributed by atoms with Gasteiger partial charge >= 0.3 is 0 Å². The topological polar surface area (TPSA) is 38.9 Å². The predicted octanol–water partition coefficient (Wildman–Crippen LogP) is 16.7. The van der Waals surface area contributed by atoms with Crippen LogP contribution in [0.25, 0.3) is 111 Å². The summed E-state index contributed by atoms with van der Waals surface area (Å²) in [6.45, 7) is 0. The summed E-state index contributed by atoms with van der Waals surface area (Å²) < 4.78 is 6.45. The van der Waals surface area contributed by atoms with E-state index in [-0.39, 0.29) is 0 Å². The third-order valence-corrected chi connectivity index (χ3v) is 14.3. The first-order valence-corrected chi connectivity index (χ1v) is 23.3. The second-order valence-electron chi connectivity index (χ2n) is 18.0. The average molecular weight is 865 g/mol. The van der Waals surface area contributed by atoms with Crippen LogP contribution in [0.1, 0.15) is 22.3 Å². The highest BCUT2D eigenvalue weighted by Crippen LogP contribution is 2.61. The molecule has 3 heteroatoms. The van der Waals surface area contributed by atoms with Gasteiger partial charge in [0, 0.05) is 27.5 Å². The molecule has 0 atom stereocenters. The molecule has 0 aliphatic heterocycles. The smallest absolute Gasteiger partial charge is 0.161 e. The Labute approximate surface area is 394 Å². The molecule has 2 aromatic heterocycles. The SMILES string of the molecule is c1ccc(-c2cc(-c3ccccc3)cc(-c3cc(-c4ccc5c(c4)C4(c6ccccc6-c6ccccc6-c6ccccc64)c4ccccc4-5)nc(-c4cccc5oc6ccccc6c45)n3)c2)cc1. The molecule has 1 spiro atoms. The first kappa shape index (κ1) is 38.4. The second kappa shape index (κ2) is 15.1. The number of furan rings is 1. The summed E-state index contributed by atoms with van der Waals surface area (Å²) in [6, 6.07) is 87.8. The van der Waals surface area contributed by atoms with Crippen LogP contribution in [0.4, 0.5) is 0 Å². The lowest BCUT2D eigenvalue weighted by Gasteiger charge is -2.35. The molecular weight excluding hydrogens is 825 g/mol. The fourth-order valence-electron chi connectivity index (χ4n) is 11.4. The maximum atomic E-state index is 6.45. The minimum atomic E-state index is -0.622. The predicted molar refractivity (Wildman–Crippen MR) is 278 cm³/mol. The fourth-order valence-corrected chi connectivity index (χ4v) is 11.4. The van der Waals surface area contributed by atoms with Crippen LogP contribution in [0, 0.1) is 0 Å². The van der Waals surface area contributed by atoms with Crippen LogP contribution in [-0.2, 0) is 5.41 Å². The van der Waals surface area contributed by atoms with E-state index in [9.17, 15) is 0 Å². The van der Waals surface area contributed by atoms with Gasteiger partial charge in [-0.15, -0.1) is 0 Å². The summed E-state index contributed by atoms with van der Waals surface area (Å²) in [5.74, 6) is 0.639. The highest BCUT2D eigenvalue weighted by atomic mass is 16.3. The molecule has 14 rings (SSSR count). The van der Waals surface area contributed by atoms with Crippen molar-refractivity contribution in [2.75, 3.05) is 0 Å². The van der Waals surface area contributed by atoms with Crippen molar-refractivity contribution in [2.45, 2.75) is 5.41 Å². The molecule has 0 saturated heterocycles. The Bertz CT molecular complexity index is 3850. The fraction of sp³-hybridized carbons (Fsp3) is 0.0154. The lowest BCUT2D eigenvalue weighted by Crippen LogP contribution is -2.29. The zero-order valence-corrected chi connectivity index (χ0v) is 36.9. The average Bonchev–Trinajstić information content (AvgIpc) is 3.91. The molecule has 10 aromatic carbocycles. The van der Waals surface area contributed by atoms with E-state index in [4.69, 9.17) is 14.4 Å². The first-order chi connectivity index (χ1) is 33.7. The molecule has 2 aliphatic rings. The molecular formula is C65H40N2O. The molecule has 0 unspecified atom stereocenters. The maximum absolute atomic E-state index is 6.45. The molecule has 0 saturated carbocycles. The maximum Gasteiger partial charge on any atom is 0.161 e. The monoisotopic (exact) mass is 864 g/mol. The Morgan fingerprint density at radius 1 is 0.279 bits per heavy atom. The molecule has 0 N–H and O–H groups in total. The number of fused-ring (bicyclic) bond motifs is 15. The summed E-state index contributed by atoms with van der Waals surface area (Å²) in [4.78, 5) is 11.1. The van der Waals surface area contributed by atoms with Crippen molar-refractivity contribution in [3.05, 3.63) is 265 Å². The van der Waals surface area contributed by atoms with Gasteiger partial charge in [0.05, 0.1) is 16.8 Å². The van der Waals surface area contributed by atoms with Crippen molar-refractivity contribution in [1.82, 2.24) is 9.97 Å². The number of aromatic nitrogens is 2. The van der Waals surface area contributed by atoms with Crippen LogP contribution in [0.5, 0.6) is 0 Å². The molecule has 0 bridgehead atoms. The second-order valence-corrected chi connectivity index (χ2v) is 18.0. The quantitative estimate of drug-likeness (QED) is 0.173. The molecule has 68 heavy (non-hydrogen) atoms. The minimum Gasteiger partial charge on any atom is -0.456 e. The van der Waals surface area contributed by atoms with Gasteiger partial charge in [-0.2, -0.15) is 0 Å². The van der Waals surface area contributed by atoms with Gasteiger partial charge in [-0.25, -0.2) is 9.97 Å². The number of hydrogen-bond acceptors (Lipinski definition) is 3. The lowest BCUT2D eigenvalue weighted by molar-refractivity contribution is 0.669. The third-order valence-electron chi connectivity index (χ3n) is 14.3. The van der Waals surface area contributed by atoms with Crippen molar-refractivity contribution < 1.29 is 4.42 Å². The normalized spacial score (nSPS) is 12.8. The Balaban J connectivity index is 1.06. The van der Waals surface area contributed by atoms with Gasteiger partial charge in [0.1, 0.15) is 11.2 Å². The van der Waals surface area contributed by atoms with Crippen molar-refractivity contribution in [1.29, 1.82) is 0 Å². The van der Waals surface area contributed by atoms with Crippen LogP contribution >= 0.6 is 0 Å². The van der Waals surface area contributed by atoms with E-state index in [0.717, 1.165) is 72.3 Å². The van der Waals surface area contributed by atoms with Crippen molar-refractivity contribution in [2.24, 2.45) is 0 Å². The van der Waals surface area contributed by atoms with E-state index in [0.29, 0.717) is 5.82 Å². The number of para-hydroxylation sites is 1. The third kappa shape index (κ3) is 5.72. The molecule has 2 aliphatic carbocycles. The zero-order valence-electron chi connectivity index (χ0n) is 36.9. The number of rotatable bonds is 5. The standard InChI is InChI=1S/C65H40N2O/c1-3-18-41(19-4-1)44-36-45(42-20-5-2-6-21-42)38-46(37-44)60-40-59(66-64(67-60)54-28-17-33-62-63(54)53-27-12-16-32-61(53)68-62)43-34-35-52-51-26-11-15-31-57(51)65(58(52)39-43)55-29-13-9-24-49(55)47-22-7-8-23-48(47)50-25-10-14-30-56(50)65/h1-40H. The molecule has 0 amide bonds. The summed E-state index contributed by atoms with van der Waals surface area (Å²) >= 11 is 0. The summed E-state index contributed by atoms with van der Waals surface area (Å²) in [5, 5.41) is 2.04. The zero-order chi connectivity index (χ0) is 44.8. The summed E-state index contributed by atoms with van der Waals surface area (Å²) in [7, 11) is 0. The summed E-state index contributed by atoms with van der Waals surface area (Å²) in [6.07, 6.45) is 0. The van der Waals surface area contributed by atoms with Crippen LogP contribution < -0.4 is 0 Å². The van der Waals surface area contributed by atoms with E-state index in [2.05, 4.69) is 224 Å². The Morgan fingerprint density at radius 3 is 1.35 bits per heavy atom. The van der Waals surface area contributed by atoms with Crippen LogP contribution in [-0.4, -0.2) is 9.97 Å². The first-order valence-electron chi connectivity index (χ1n) is 23.3. The lowest BCUT2D eigenvalue weighted by atomic mass is 9.65. The van der Waals surface area contributed by atoms with E-state index in [1.165, 1.54) is 55.6 Å². The van der Waals surface area contributed by atoms with Gasteiger partial charge in [-0.05, 0) is 120 Å². The van der Waals surface area contributed by atoms with Gasteiger partial charge in [-0.3, -0.25) is 0 Å². The van der Waals surface area contributed by atoms with Gasteiger partial charge in [0.15, 0.2) is 5.82 Å². The Hall–Kier alpha value is -8.92. The van der Waals surface area contributed by atoms with Gasteiger partial charge in [0.2, 0.25) is 0 Å². The van der Waals surface area contributed by atoms with E-state index in [1.54, 1.807) is 0 Å². The van der Waals surface area contributed by atoms with Crippen LogP contribution in [0.15, 0.2) is 247 Å². The van der Waals surface area contributed by atoms with Gasteiger partial charge in [0.25, 0.3) is 0 Å². The molecule has 2 heterocycles. The molecule has 0 fully saturated rings. The summed E-state index contributed by atoms with van der Waals surface area (Å²) in [5.41, 5.74) is 22.7. The van der Waals surface area contributed by atoms with Crippen molar-refractivity contribution in [3.63, 3.8) is 0 Å². The van der Waals surface area contributed by atoms with E-state index >= 15 is 0 Å². The molecule has 316 valence electrons. The number of nitrogens with zero attached hydrogens (tertiary/aromatic N) is 2. The number of hydrogen-bond donors (Lipinski definition) is 0. The van der Waals surface area contributed by atoms with E-state index < -0.39 is 5.41 Å². The highest BCUT2D eigenvalue weighted by Gasteiger charge is 2.49. The van der Waals surface area contributed by atoms with Crippen molar-refractivity contribution >= 4 is 21.9 Å². The highest BCUT2D eigenvalue weighted by molar-refractivity contribution is 6.12. The largest absolute Gasteiger partial charge is 0.456 e. The molecule has 12 aromatic rings. The van der Waals surface area contributed by atoms with Crippen molar-refractivity contribution in [3.8, 4) is 89.5 Å². The molecule has 3 nitrogen and oxygen atoms in total. The van der Waals surface area contributed by atoms with Gasteiger partial charge in [-0.1, -0.05) is 200 Å². The van der Waals surface area contributed by atoms with E-state index in [1.807, 2.05) is 18.2 Å². The van der Waals surface area contributed by atoms with Crippen LogP contribution in [0.3, 0.4) is 0 Å². The Kier molecular flexibility index (Phi) is 8.50. The number of benzene rings is 10. The van der Waals surface area contributed by atoms with Gasteiger partial charge < -0.3 is 4.42 Å².